The van der Waals surface area contributed by atoms with Gasteiger partial charge in [0.2, 0.25) is 0 Å². The van der Waals surface area contributed by atoms with Gasteiger partial charge in [0.25, 0.3) is 0 Å². The highest BCUT2D eigenvalue weighted by Gasteiger charge is 2.40. The number of hydrogen-bond acceptors (Lipinski definition) is 3. The van der Waals surface area contributed by atoms with Gasteiger partial charge in [0, 0.05) is 64.3 Å². The first-order chi connectivity index (χ1) is 23.1. The predicted molar refractivity (Wildman–Crippen MR) is 198 cm³/mol. The Morgan fingerprint density at radius 2 is 1.23 bits per heavy atom. The molecule has 222 valence electrons. The van der Waals surface area contributed by atoms with Gasteiger partial charge >= 0.3 is 0 Å². The zero-order chi connectivity index (χ0) is 31.3. The number of para-hydroxylation sites is 1. The Kier molecular flexibility index (Phi) is 5.50. The molecule has 0 saturated heterocycles. The minimum atomic E-state index is -0.225. The largest absolute Gasteiger partial charge is 0.309 e. The van der Waals surface area contributed by atoms with Crippen LogP contribution >= 0.6 is 11.3 Å². The first-order valence-electron chi connectivity index (χ1n) is 16.1. The average molecular weight is 620 g/mol. The Hall–Kier alpha value is -5.58. The molecule has 0 bridgehead atoms. The highest BCUT2D eigenvalue weighted by molar-refractivity contribution is 7.25. The molecule has 0 unspecified atom stereocenters. The number of benzene rings is 6. The lowest BCUT2D eigenvalue weighted by Gasteiger charge is -2.24. The molecular weight excluding hydrogens is 591 g/mol. The van der Waals surface area contributed by atoms with Gasteiger partial charge < -0.3 is 4.57 Å². The molecular formula is C43H29N3S. The highest BCUT2D eigenvalue weighted by Crippen LogP contribution is 2.51. The first kappa shape index (κ1) is 26.6. The molecule has 0 aliphatic heterocycles. The number of aromatic nitrogens is 3. The van der Waals surface area contributed by atoms with E-state index in [-0.39, 0.29) is 5.41 Å². The fourth-order valence-electron chi connectivity index (χ4n) is 7.78. The van der Waals surface area contributed by atoms with E-state index in [0.717, 1.165) is 34.0 Å². The van der Waals surface area contributed by atoms with Crippen molar-refractivity contribution in [3.63, 3.8) is 0 Å². The highest BCUT2D eigenvalue weighted by atomic mass is 32.1. The van der Waals surface area contributed by atoms with Crippen LogP contribution in [0.1, 0.15) is 25.0 Å². The molecule has 0 atom stereocenters. The normalized spacial score (nSPS) is 13.5. The van der Waals surface area contributed by atoms with E-state index in [2.05, 4.69) is 152 Å². The summed E-state index contributed by atoms with van der Waals surface area (Å²) in [6.07, 6.45) is 0. The third-order valence-electron chi connectivity index (χ3n) is 9.99. The van der Waals surface area contributed by atoms with E-state index in [4.69, 9.17) is 9.97 Å². The second-order valence-electron chi connectivity index (χ2n) is 13.0. The fourth-order valence-corrected chi connectivity index (χ4v) is 8.90. The van der Waals surface area contributed by atoms with Gasteiger partial charge in [-0.25, -0.2) is 9.97 Å². The van der Waals surface area contributed by atoms with Gasteiger partial charge in [-0.15, -0.1) is 11.3 Å². The Morgan fingerprint density at radius 1 is 0.532 bits per heavy atom. The van der Waals surface area contributed by atoms with E-state index in [1.165, 1.54) is 58.7 Å². The standard InChI is InChI=1S/C43H29N3S/c1-43(2)34-17-9-6-16-31(34)41-39(43)40(44-42(45-41)27-12-4-3-5-13-27)26-20-22-28(23-21-26)46-35-18-10-7-14-29(35)32-24-33-30-15-8-11-19-37(30)47-38(33)25-36(32)46/h3-25H,1-2H3. The van der Waals surface area contributed by atoms with Gasteiger partial charge in [-0.05, 0) is 42.0 Å². The lowest BCUT2D eigenvalue weighted by molar-refractivity contribution is 0.658. The summed E-state index contributed by atoms with van der Waals surface area (Å²) in [4.78, 5) is 10.5. The maximum Gasteiger partial charge on any atom is 0.160 e. The van der Waals surface area contributed by atoms with Crippen molar-refractivity contribution < 1.29 is 0 Å². The third kappa shape index (κ3) is 3.79. The molecule has 0 fully saturated rings. The van der Waals surface area contributed by atoms with Crippen LogP contribution in [0.2, 0.25) is 0 Å². The zero-order valence-corrected chi connectivity index (χ0v) is 26.8. The van der Waals surface area contributed by atoms with E-state index in [9.17, 15) is 0 Å². The van der Waals surface area contributed by atoms with Gasteiger partial charge in [0.15, 0.2) is 5.82 Å². The lowest BCUT2D eigenvalue weighted by atomic mass is 9.81. The van der Waals surface area contributed by atoms with Crippen molar-refractivity contribution in [2.24, 2.45) is 0 Å². The van der Waals surface area contributed by atoms with Crippen LogP contribution in [0, 0.1) is 0 Å². The molecule has 47 heavy (non-hydrogen) atoms. The van der Waals surface area contributed by atoms with Crippen LogP contribution in [0.15, 0.2) is 140 Å². The minimum absolute atomic E-state index is 0.225. The van der Waals surface area contributed by atoms with E-state index >= 15 is 0 Å². The number of hydrogen-bond donors (Lipinski definition) is 0. The van der Waals surface area contributed by atoms with Crippen molar-refractivity contribution in [3.05, 3.63) is 151 Å². The summed E-state index contributed by atoms with van der Waals surface area (Å²) in [6.45, 7) is 4.60. The predicted octanol–water partition coefficient (Wildman–Crippen LogP) is 11.6. The van der Waals surface area contributed by atoms with E-state index in [0.29, 0.717) is 0 Å². The van der Waals surface area contributed by atoms with Crippen LogP contribution in [-0.4, -0.2) is 14.5 Å². The number of nitrogens with zero attached hydrogens (tertiary/aromatic N) is 3. The molecule has 0 radical (unpaired) electrons. The SMILES string of the molecule is CC1(C)c2ccccc2-c2nc(-c3ccccc3)nc(-c3ccc(-n4c5ccccc5c5cc6c(cc54)sc4ccccc46)cc3)c21. The van der Waals surface area contributed by atoms with Crippen molar-refractivity contribution in [3.8, 4) is 39.6 Å². The number of thiophene rings is 1. The van der Waals surface area contributed by atoms with Crippen molar-refractivity contribution in [1.82, 2.24) is 14.5 Å². The summed E-state index contributed by atoms with van der Waals surface area (Å²) in [5.74, 6) is 0.755. The molecule has 3 aromatic heterocycles. The minimum Gasteiger partial charge on any atom is -0.309 e. The van der Waals surface area contributed by atoms with Gasteiger partial charge in [-0.3, -0.25) is 0 Å². The molecule has 6 aromatic carbocycles. The van der Waals surface area contributed by atoms with E-state index < -0.39 is 0 Å². The zero-order valence-electron chi connectivity index (χ0n) is 26.0. The van der Waals surface area contributed by atoms with E-state index in [1.807, 2.05) is 17.4 Å². The van der Waals surface area contributed by atoms with Crippen LogP contribution in [0.3, 0.4) is 0 Å². The number of rotatable bonds is 3. The van der Waals surface area contributed by atoms with Crippen LogP contribution < -0.4 is 0 Å². The molecule has 10 rings (SSSR count). The lowest BCUT2D eigenvalue weighted by Crippen LogP contribution is -2.17. The van der Waals surface area contributed by atoms with Gasteiger partial charge in [-0.1, -0.05) is 117 Å². The summed E-state index contributed by atoms with van der Waals surface area (Å²) in [7, 11) is 0. The van der Waals surface area contributed by atoms with E-state index in [1.54, 1.807) is 0 Å². The Labute approximate surface area is 276 Å². The van der Waals surface area contributed by atoms with Gasteiger partial charge in [0.1, 0.15) is 0 Å². The fraction of sp³-hybridized carbons (Fsp3) is 0.0698. The summed E-state index contributed by atoms with van der Waals surface area (Å²) >= 11 is 1.87. The third-order valence-corrected chi connectivity index (χ3v) is 11.1. The van der Waals surface area contributed by atoms with Gasteiger partial charge in [-0.2, -0.15) is 0 Å². The monoisotopic (exact) mass is 619 g/mol. The number of fused-ring (bicyclic) bond motifs is 9. The Bertz CT molecular complexity index is 2700. The van der Waals surface area contributed by atoms with Crippen molar-refractivity contribution in [1.29, 1.82) is 0 Å². The quantitative estimate of drug-likeness (QED) is 0.197. The second-order valence-corrected chi connectivity index (χ2v) is 14.1. The molecule has 1 aliphatic carbocycles. The Balaban J connectivity index is 1.18. The molecule has 4 heteroatoms. The maximum absolute atomic E-state index is 5.29. The summed E-state index contributed by atoms with van der Waals surface area (Å²) in [5, 5.41) is 5.20. The molecule has 3 nitrogen and oxygen atoms in total. The smallest absolute Gasteiger partial charge is 0.160 e. The average Bonchev–Trinajstić information content (AvgIpc) is 3.72. The molecule has 0 amide bonds. The maximum atomic E-state index is 5.29. The summed E-state index contributed by atoms with van der Waals surface area (Å²) < 4.78 is 5.05. The molecule has 3 heterocycles. The van der Waals surface area contributed by atoms with Crippen LogP contribution in [0.5, 0.6) is 0 Å². The van der Waals surface area contributed by atoms with Crippen LogP contribution in [-0.2, 0) is 5.41 Å². The molecule has 0 spiro atoms. The molecule has 1 aliphatic rings. The Morgan fingerprint density at radius 3 is 2.09 bits per heavy atom. The summed E-state index contributed by atoms with van der Waals surface area (Å²) in [5.41, 5.74) is 11.2. The van der Waals surface area contributed by atoms with Crippen molar-refractivity contribution in [2.45, 2.75) is 19.3 Å². The molecule has 0 saturated carbocycles. The van der Waals surface area contributed by atoms with Crippen LogP contribution in [0.4, 0.5) is 0 Å². The second kappa shape index (κ2) is 9.71. The topological polar surface area (TPSA) is 30.7 Å². The van der Waals surface area contributed by atoms with Crippen LogP contribution in [0.25, 0.3) is 81.6 Å². The van der Waals surface area contributed by atoms with Crippen molar-refractivity contribution >= 4 is 53.3 Å². The van der Waals surface area contributed by atoms with Gasteiger partial charge in [0.05, 0.1) is 22.4 Å². The molecule has 9 aromatic rings. The molecule has 0 N–H and O–H groups in total. The summed E-state index contributed by atoms with van der Waals surface area (Å²) in [6, 6.07) is 50.3. The van der Waals surface area contributed by atoms with Crippen molar-refractivity contribution in [2.75, 3.05) is 0 Å². The first-order valence-corrected chi connectivity index (χ1v) is 16.9.